The van der Waals surface area contributed by atoms with Crippen molar-refractivity contribution < 1.29 is 4.79 Å². The summed E-state index contributed by atoms with van der Waals surface area (Å²) in [5.74, 6) is 0.937. The summed E-state index contributed by atoms with van der Waals surface area (Å²) in [7, 11) is 0. The number of amides is 1. The van der Waals surface area contributed by atoms with Gasteiger partial charge in [0, 0.05) is 21.9 Å². The van der Waals surface area contributed by atoms with E-state index in [1.165, 1.54) is 9.77 Å². The van der Waals surface area contributed by atoms with Crippen molar-refractivity contribution in [2.45, 2.75) is 17.9 Å². The molecule has 0 bridgehead atoms. The van der Waals surface area contributed by atoms with E-state index in [-0.39, 0.29) is 5.91 Å². The molecule has 0 saturated carbocycles. The molecule has 1 N–H and O–H groups in total. The molecule has 1 aromatic carbocycles. The van der Waals surface area contributed by atoms with Crippen molar-refractivity contribution in [1.82, 2.24) is 5.32 Å². The van der Waals surface area contributed by atoms with E-state index < -0.39 is 0 Å². The van der Waals surface area contributed by atoms with Crippen molar-refractivity contribution in [3.8, 4) is 0 Å². The second-order valence-corrected chi connectivity index (χ2v) is 5.97. The van der Waals surface area contributed by atoms with Crippen LogP contribution in [0.4, 0.5) is 0 Å². The minimum Gasteiger partial charge on any atom is -0.351 e. The van der Waals surface area contributed by atoms with E-state index in [1.54, 1.807) is 23.1 Å². The number of carbonyl (C=O) groups excluding carboxylic acids is 1. The van der Waals surface area contributed by atoms with Crippen molar-refractivity contribution in [3.05, 3.63) is 52.7 Å². The van der Waals surface area contributed by atoms with Gasteiger partial charge in [0.25, 0.3) is 0 Å². The molecule has 4 heteroatoms. The number of thioether (sulfide) groups is 1. The van der Waals surface area contributed by atoms with Gasteiger partial charge < -0.3 is 5.32 Å². The summed E-state index contributed by atoms with van der Waals surface area (Å²) in [4.78, 5) is 14.0. The summed E-state index contributed by atoms with van der Waals surface area (Å²) < 4.78 is 0. The van der Waals surface area contributed by atoms with Crippen molar-refractivity contribution in [2.75, 3.05) is 5.75 Å². The average molecular weight is 277 g/mol. The lowest BCUT2D eigenvalue weighted by atomic mass is 10.4. The van der Waals surface area contributed by atoms with Gasteiger partial charge in [-0.3, -0.25) is 4.79 Å². The zero-order chi connectivity index (χ0) is 12.6. The van der Waals surface area contributed by atoms with Crippen LogP contribution in [-0.2, 0) is 11.3 Å². The molecule has 0 spiro atoms. The molecular formula is C14H15NOS2. The Morgan fingerprint density at radius 3 is 2.72 bits per heavy atom. The Bertz CT molecular complexity index is 468. The fourth-order valence-electron chi connectivity index (χ4n) is 1.47. The van der Waals surface area contributed by atoms with Gasteiger partial charge in [-0.05, 0) is 23.6 Å². The van der Waals surface area contributed by atoms with Gasteiger partial charge in [-0.1, -0.05) is 24.3 Å². The SMILES string of the molecule is O=C(CCSc1ccccc1)NCc1cccs1. The molecule has 1 heterocycles. The van der Waals surface area contributed by atoms with E-state index in [1.807, 2.05) is 35.7 Å². The monoisotopic (exact) mass is 277 g/mol. The molecule has 18 heavy (non-hydrogen) atoms. The average Bonchev–Trinajstić information content (AvgIpc) is 2.91. The molecule has 2 nitrogen and oxygen atoms in total. The highest BCUT2D eigenvalue weighted by Gasteiger charge is 2.02. The third kappa shape index (κ3) is 4.55. The minimum absolute atomic E-state index is 0.117. The topological polar surface area (TPSA) is 29.1 Å². The maximum atomic E-state index is 11.6. The molecular weight excluding hydrogens is 262 g/mol. The molecule has 2 rings (SSSR count). The number of benzene rings is 1. The first-order valence-electron chi connectivity index (χ1n) is 5.81. The molecule has 0 fully saturated rings. The van der Waals surface area contributed by atoms with Crippen LogP contribution in [0, 0.1) is 0 Å². The Kier molecular flexibility index (Phi) is 5.30. The lowest BCUT2D eigenvalue weighted by Crippen LogP contribution is -2.22. The highest BCUT2D eigenvalue weighted by molar-refractivity contribution is 7.99. The quantitative estimate of drug-likeness (QED) is 0.818. The standard InChI is InChI=1S/C14H15NOS2/c16-14(15-11-13-7-4-9-17-13)8-10-18-12-5-2-1-3-6-12/h1-7,9H,8,10-11H2,(H,15,16). The van der Waals surface area contributed by atoms with Gasteiger partial charge in [-0.2, -0.15) is 0 Å². The number of thiophene rings is 1. The van der Waals surface area contributed by atoms with Gasteiger partial charge in [-0.15, -0.1) is 23.1 Å². The van der Waals surface area contributed by atoms with Crippen LogP contribution >= 0.6 is 23.1 Å². The molecule has 0 aliphatic carbocycles. The fraction of sp³-hybridized carbons (Fsp3) is 0.214. The van der Waals surface area contributed by atoms with Crippen LogP contribution in [0.2, 0.25) is 0 Å². The zero-order valence-corrected chi connectivity index (χ0v) is 11.6. The van der Waals surface area contributed by atoms with Crippen molar-refractivity contribution in [2.24, 2.45) is 0 Å². The molecule has 0 atom stereocenters. The van der Waals surface area contributed by atoms with Gasteiger partial charge in [0.05, 0.1) is 6.54 Å². The van der Waals surface area contributed by atoms with Gasteiger partial charge >= 0.3 is 0 Å². The predicted molar refractivity (Wildman–Crippen MR) is 77.9 cm³/mol. The Balaban J connectivity index is 1.63. The van der Waals surface area contributed by atoms with E-state index in [0.717, 1.165) is 5.75 Å². The number of hydrogen-bond donors (Lipinski definition) is 1. The van der Waals surface area contributed by atoms with Gasteiger partial charge in [-0.25, -0.2) is 0 Å². The van der Waals surface area contributed by atoms with E-state index in [9.17, 15) is 4.79 Å². The van der Waals surface area contributed by atoms with Crippen LogP contribution in [-0.4, -0.2) is 11.7 Å². The summed E-state index contributed by atoms with van der Waals surface area (Å²) in [6.45, 7) is 0.645. The van der Waals surface area contributed by atoms with E-state index in [0.29, 0.717) is 13.0 Å². The molecule has 0 aliphatic rings. The third-order valence-electron chi connectivity index (χ3n) is 2.38. The first kappa shape index (κ1) is 13.2. The number of hydrogen-bond acceptors (Lipinski definition) is 3. The largest absolute Gasteiger partial charge is 0.351 e. The van der Waals surface area contributed by atoms with Crippen LogP contribution in [0.15, 0.2) is 52.7 Å². The normalized spacial score (nSPS) is 10.2. The summed E-state index contributed by atoms with van der Waals surface area (Å²) in [5.41, 5.74) is 0. The molecule has 0 radical (unpaired) electrons. The lowest BCUT2D eigenvalue weighted by molar-refractivity contribution is -0.120. The highest BCUT2D eigenvalue weighted by atomic mass is 32.2. The summed E-state index contributed by atoms with van der Waals surface area (Å²) in [5, 5.41) is 4.95. The van der Waals surface area contributed by atoms with Crippen molar-refractivity contribution in [1.29, 1.82) is 0 Å². The van der Waals surface area contributed by atoms with E-state index in [2.05, 4.69) is 17.4 Å². The van der Waals surface area contributed by atoms with Crippen LogP contribution in [0.5, 0.6) is 0 Å². The predicted octanol–water partition coefficient (Wildman–Crippen LogP) is 3.55. The third-order valence-corrected chi connectivity index (χ3v) is 4.27. The molecule has 94 valence electrons. The maximum Gasteiger partial charge on any atom is 0.221 e. The molecule has 2 aromatic rings. The molecule has 0 aliphatic heterocycles. The van der Waals surface area contributed by atoms with Crippen LogP contribution in [0.1, 0.15) is 11.3 Å². The molecule has 0 saturated heterocycles. The summed E-state index contributed by atoms with van der Waals surface area (Å²) in [6.07, 6.45) is 0.560. The Morgan fingerprint density at radius 1 is 1.17 bits per heavy atom. The number of nitrogens with one attached hydrogen (secondary N) is 1. The van der Waals surface area contributed by atoms with E-state index in [4.69, 9.17) is 0 Å². The summed E-state index contributed by atoms with van der Waals surface area (Å²) in [6, 6.07) is 14.2. The molecule has 1 aromatic heterocycles. The van der Waals surface area contributed by atoms with Gasteiger partial charge in [0.1, 0.15) is 0 Å². The molecule has 1 amide bonds. The minimum atomic E-state index is 0.117. The highest BCUT2D eigenvalue weighted by Crippen LogP contribution is 2.17. The van der Waals surface area contributed by atoms with Crippen molar-refractivity contribution >= 4 is 29.0 Å². The van der Waals surface area contributed by atoms with Crippen LogP contribution < -0.4 is 5.32 Å². The van der Waals surface area contributed by atoms with Crippen LogP contribution in [0.3, 0.4) is 0 Å². The number of rotatable bonds is 6. The Labute approximate surface area is 115 Å². The fourth-order valence-corrected chi connectivity index (χ4v) is 2.98. The first-order chi connectivity index (χ1) is 8.84. The first-order valence-corrected chi connectivity index (χ1v) is 7.68. The van der Waals surface area contributed by atoms with Crippen molar-refractivity contribution in [3.63, 3.8) is 0 Å². The smallest absolute Gasteiger partial charge is 0.221 e. The van der Waals surface area contributed by atoms with Crippen LogP contribution in [0.25, 0.3) is 0 Å². The second kappa shape index (κ2) is 7.24. The zero-order valence-electron chi connectivity index (χ0n) is 9.96. The molecule has 0 unspecified atom stereocenters. The second-order valence-electron chi connectivity index (χ2n) is 3.77. The number of carbonyl (C=O) groups is 1. The Morgan fingerprint density at radius 2 is 2.00 bits per heavy atom. The Hall–Kier alpha value is -1.26. The lowest BCUT2D eigenvalue weighted by Gasteiger charge is -2.03. The maximum absolute atomic E-state index is 11.6. The summed E-state index contributed by atoms with van der Waals surface area (Å²) >= 11 is 3.38. The van der Waals surface area contributed by atoms with E-state index >= 15 is 0 Å². The van der Waals surface area contributed by atoms with Gasteiger partial charge in [0.15, 0.2) is 0 Å². The van der Waals surface area contributed by atoms with Gasteiger partial charge in [0.2, 0.25) is 5.91 Å².